The molecule has 0 atom stereocenters. The fraction of sp³-hybridized carbons (Fsp3) is 0.176. The van der Waals surface area contributed by atoms with E-state index in [0.717, 1.165) is 0 Å². The number of benzene rings is 1. The van der Waals surface area contributed by atoms with Crippen molar-refractivity contribution in [3.8, 4) is 17.3 Å². The number of nitrogens with zero attached hydrogens (tertiary/aromatic N) is 1. The van der Waals surface area contributed by atoms with Gasteiger partial charge in [0.25, 0.3) is 0 Å². The highest BCUT2D eigenvalue weighted by Gasteiger charge is 2.12. The van der Waals surface area contributed by atoms with Crippen LogP contribution in [0.25, 0.3) is 11.5 Å². The maximum atomic E-state index is 12.0. The van der Waals surface area contributed by atoms with Gasteiger partial charge in [-0.1, -0.05) is 5.16 Å². The molecule has 6 heteroatoms. The summed E-state index contributed by atoms with van der Waals surface area (Å²) in [6.45, 7) is 2.50. The largest absolute Gasteiger partial charge is 0.494 e. The van der Waals surface area contributed by atoms with Crippen molar-refractivity contribution in [3.63, 3.8) is 0 Å². The zero-order valence-electron chi connectivity index (χ0n) is 12.5. The van der Waals surface area contributed by atoms with Gasteiger partial charge in [-0.15, -0.1) is 0 Å². The average molecular weight is 313 g/mol. The molecule has 0 radical (unpaired) electrons. The minimum atomic E-state index is -0.435. The highest BCUT2D eigenvalue weighted by atomic mass is 16.5. The summed E-state index contributed by atoms with van der Waals surface area (Å²) in [5, 5.41) is 3.84. The number of carbonyl (C=O) groups is 1. The zero-order valence-corrected chi connectivity index (χ0v) is 12.5. The SMILES string of the molecule is CCOc1ccc(C(=O)OCc2cc(-c3ccco3)on2)cc1. The van der Waals surface area contributed by atoms with Crippen molar-refractivity contribution < 1.29 is 23.2 Å². The summed E-state index contributed by atoms with van der Waals surface area (Å²) >= 11 is 0. The Morgan fingerprint density at radius 2 is 2.00 bits per heavy atom. The molecule has 23 heavy (non-hydrogen) atoms. The van der Waals surface area contributed by atoms with Gasteiger partial charge in [0.05, 0.1) is 18.4 Å². The molecule has 0 aliphatic carbocycles. The topological polar surface area (TPSA) is 74.7 Å². The van der Waals surface area contributed by atoms with E-state index in [0.29, 0.717) is 35.1 Å². The first-order chi connectivity index (χ1) is 11.3. The van der Waals surface area contributed by atoms with E-state index in [4.69, 9.17) is 18.4 Å². The minimum absolute atomic E-state index is 0.0241. The first-order valence-corrected chi connectivity index (χ1v) is 7.15. The molecule has 118 valence electrons. The second-order valence-electron chi connectivity index (χ2n) is 4.69. The lowest BCUT2D eigenvalue weighted by atomic mass is 10.2. The summed E-state index contributed by atoms with van der Waals surface area (Å²) in [7, 11) is 0. The number of hydrogen-bond acceptors (Lipinski definition) is 6. The van der Waals surface area contributed by atoms with E-state index < -0.39 is 5.97 Å². The Kier molecular flexibility index (Phi) is 4.42. The van der Waals surface area contributed by atoms with Crippen molar-refractivity contribution in [1.29, 1.82) is 0 Å². The Morgan fingerprint density at radius 3 is 2.70 bits per heavy atom. The Labute approximate surface area is 132 Å². The van der Waals surface area contributed by atoms with E-state index in [2.05, 4.69) is 5.16 Å². The molecule has 0 bridgehead atoms. The van der Waals surface area contributed by atoms with Crippen molar-refractivity contribution in [1.82, 2.24) is 5.16 Å². The predicted molar refractivity (Wildman–Crippen MR) is 80.9 cm³/mol. The maximum Gasteiger partial charge on any atom is 0.338 e. The van der Waals surface area contributed by atoms with Crippen LogP contribution in [0, 0.1) is 0 Å². The predicted octanol–water partition coefficient (Wildman–Crippen LogP) is 3.69. The van der Waals surface area contributed by atoms with Crippen molar-refractivity contribution in [2.75, 3.05) is 6.61 Å². The highest BCUT2D eigenvalue weighted by Crippen LogP contribution is 2.21. The molecule has 3 aromatic rings. The van der Waals surface area contributed by atoms with Crippen LogP contribution < -0.4 is 4.74 Å². The highest BCUT2D eigenvalue weighted by molar-refractivity contribution is 5.89. The number of carbonyl (C=O) groups excluding carboxylic acids is 1. The Balaban J connectivity index is 1.58. The van der Waals surface area contributed by atoms with Crippen molar-refractivity contribution >= 4 is 5.97 Å². The second kappa shape index (κ2) is 6.83. The van der Waals surface area contributed by atoms with Crippen LogP contribution in [0.3, 0.4) is 0 Å². The molecule has 0 fully saturated rings. The van der Waals surface area contributed by atoms with Crippen LogP contribution >= 0.6 is 0 Å². The Hall–Kier alpha value is -3.02. The van der Waals surface area contributed by atoms with Crippen molar-refractivity contribution in [2.45, 2.75) is 13.5 Å². The van der Waals surface area contributed by atoms with Crippen LogP contribution in [0.1, 0.15) is 23.0 Å². The molecule has 0 N–H and O–H groups in total. The number of aromatic nitrogens is 1. The van der Waals surface area contributed by atoms with E-state index in [1.807, 2.05) is 6.92 Å². The quantitative estimate of drug-likeness (QED) is 0.646. The molecule has 0 saturated heterocycles. The van der Waals surface area contributed by atoms with E-state index in [-0.39, 0.29) is 6.61 Å². The second-order valence-corrected chi connectivity index (χ2v) is 4.69. The molecule has 2 heterocycles. The average Bonchev–Trinajstić information content (AvgIpc) is 3.25. The zero-order chi connectivity index (χ0) is 16.1. The third-order valence-electron chi connectivity index (χ3n) is 3.08. The minimum Gasteiger partial charge on any atom is -0.494 e. The summed E-state index contributed by atoms with van der Waals surface area (Å²) in [6.07, 6.45) is 1.55. The first-order valence-electron chi connectivity index (χ1n) is 7.15. The molecule has 2 aromatic heterocycles. The van der Waals surface area contributed by atoms with Crippen LogP contribution in [0.4, 0.5) is 0 Å². The Bertz CT molecular complexity index is 759. The molecule has 3 rings (SSSR count). The summed E-state index contributed by atoms with van der Waals surface area (Å²) in [5.41, 5.74) is 0.957. The van der Waals surface area contributed by atoms with Crippen LogP contribution in [-0.4, -0.2) is 17.7 Å². The van der Waals surface area contributed by atoms with Gasteiger partial charge in [-0.3, -0.25) is 0 Å². The van der Waals surface area contributed by atoms with E-state index >= 15 is 0 Å². The monoisotopic (exact) mass is 313 g/mol. The number of furan rings is 1. The standard InChI is InChI=1S/C17H15NO5/c1-2-20-14-7-5-12(6-8-14)17(19)22-11-13-10-16(23-18-13)15-4-3-9-21-15/h3-10H,2,11H2,1H3. The smallest absolute Gasteiger partial charge is 0.338 e. The molecule has 1 aromatic carbocycles. The van der Waals surface area contributed by atoms with Crippen LogP contribution in [0.15, 0.2) is 57.7 Å². The number of hydrogen-bond donors (Lipinski definition) is 0. The summed E-state index contributed by atoms with van der Waals surface area (Å²) in [5.74, 6) is 1.34. The van der Waals surface area contributed by atoms with Crippen LogP contribution in [0.2, 0.25) is 0 Å². The lowest BCUT2D eigenvalue weighted by Crippen LogP contribution is -2.05. The fourth-order valence-corrected chi connectivity index (χ4v) is 1.99. The maximum absolute atomic E-state index is 12.0. The number of ether oxygens (including phenoxy) is 2. The molecule has 0 aliphatic rings. The van der Waals surface area contributed by atoms with Gasteiger partial charge in [-0.05, 0) is 43.3 Å². The lowest BCUT2D eigenvalue weighted by molar-refractivity contribution is 0.0464. The van der Waals surface area contributed by atoms with E-state index in [9.17, 15) is 4.79 Å². The molecular weight excluding hydrogens is 298 g/mol. The molecule has 6 nitrogen and oxygen atoms in total. The third-order valence-corrected chi connectivity index (χ3v) is 3.08. The lowest BCUT2D eigenvalue weighted by Gasteiger charge is -2.05. The van der Waals surface area contributed by atoms with Gasteiger partial charge < -0.3 is 18.4 Å². The normalized spacial score (nSPS) is 10.5. The summed E-state index contributed by atoms with van der Waals surface area (Å²) < 4.78 is 20.9. The van der Waals surface area contributed by atoms with E-state index in [1.165, 1.54) is 0 Å². The summed E-state index contributed by atoms with van der Waals surface area (Å²) in [4.78, 5) is 12.0. The Morgan fingerprint density at radius 1 is 1.17 bits per heavy atom. The van der Waals surface area contributed by atoms with Crippen molar-refractivity contribution in [2.24, 2.45) is 0 Å². The number of esters is 1. The summed E-state index contributed by atoms with van der Waals surface area (Å²) in [6, 6.07) is 12.0. The van der Waals surface area contributed by atoms with Crippen LogP contribution in [-0.2, 0) is 11.3 Å². The van der Waals surface area contributed by atoms with Crippen molar-refractivity contribution in [3.05, 3.63) is 60.0 Å². The van der Waals surface area contributed by atoms with Gasteiger partial charge in [0.15, 0.2) is 5.76 Å². The van der Waals surface area contributed by atoms with Gasteiger partial charge >= 0.3 is 5.97 Å². The molecule has 0 aliphatic heterocycles. The molecule has 0 saturated carbocycles. The van der Waals surface area contributed by atoms with Gasteiger partial charge in [0.2, 0.25) is 5.76 Å². The molecular formula is C17H15NO5. The van der Waals surface area contributed by atoms with Gasteiger partial charge in [0, 0.05) is 6.07 Å². The van der Waals surface area contributed by atoms with Gasteiger partial charge in [-0.25, -0.2) is 4.79 Å². The van der Waals surface area contributed by atoms with Crippen LogP contribution in [0.5, 0.6) is 5.75 Å². The van der Waals surface area contributed by atoms with E-state index in [1.54, 1.807) is 48.7 Å². The van der Waals surface area contributed by atoms with Gasteiger partial charge in [-0.2, -0.15) is 0 Å². The fourth-order valence-electron chi connectivity index (χ4n) is 1.99. The molecule has 0 spiro atoms. The first kappa shape index (κ1) is 14.9. The molecule has 0 unspecified atom stereocenters. The number of rotatable bonds is 6. The third kappa shape index (κ3) is 3.60. The van der Waals surface area contributed by atoms with Gasteiger partial charge in [0.1, 0.15) is 18.1 Å². The molecule has 0 amide bonds.